The lowest BCUT2D eigenvalue weighted by atomic mass is 10.1. The van der Waals surface area contributed by atoms with Gasteiger partial charge in [0, 0.05) is 22.0 Å². The Bertz CT molecular complexity index is 840. The van der Waals surface area contributed by atoms with Crippen molar-refractivity contribution in [1.29, 1.82) is 0 Å². The number of piperidine rings is 1. The van der Waals surface area contributed by atoms with E-state index in [4.69, 9.17) is 38.0 Å². The normalized spacial score (nSPS) is 15.1. The molecule has 0 aliphatic carbocycles. The minimum Gasteiger partial charge on any atom is -0.378 e. The second-order valence-corrected chi connectivity index (χ2v) is 7.69. The second-order valence-electron chi connectivity index (χ2n) is 6.82. The number of hydrogen-bond donors (Lipinski definition) is 1. The second kappa shape index (κ2) is 9.05. The number of nitrogens with one attached hydrogen (secondary N) is 1. The Hall–Kier alpha value is -1.92. The van der Waals surface area contributed by atoms with Crippen LogP contribution in [0.25, 0.3) is 17.1 Å². The molecule has 0 radical (unpaired) electrons. The van der Waals surface area contributed by atoms with Crippen molar-refractivity contribution in [2.45, 2.75) is 25.4 Å². The molecule has 146 valence electrons. The Morgan fingerprint density at radius 1 is 0.964 bits per heavy atom. The van der Waals surface area contributed by atoms with Crippen molar-refractivity contribution in [2.75, 3.05) is 19.7 Å². The number of halogens is 2. The first-order valence-corrected chi connectivity index (χ1v) is 10.2. The molecule has 0 spiro atoms. The molecule has 0 amide bonds. The zero-order valence-corrected chi connectivity index (χ0v) is 17.0. The van der Waals surface area contributed by atoms with Gasteiger partial charge >= 0.3 is 0 Å². The van der Waals surface area contributed by atoms with E-state index < -0.39 is 0 Å². The largest absolute Gasteiger partial charge is 0.378 e. The SMILES string of the molecule is Clc1ccc(-c2nc(CCOC3CCNCC3)nn2-c2ccc(Cl)cc2)cc1. The smallest absolute Gasteiger partial charge is 0.163 e. The summed E-state index contributed by atoms with van der Waals surface area (Å²) in [5.41, 5.74) is 1.87. The maximum atomic E-state index is 6.04. The van der Waals surface area contributed by atoms with Crippen LogP contribution in [0.15, 0.2) is 48.5 Å². The van der Waals surface area contributed by atoms with Crippen LogP contribution in [-0.4, -0.2) is 40.6 Å². The van der Waals surface area contributed by atoms with Gasteiger partial charge in [-0.2, -0.15) is 5.10 Å². The summed E-state index contributed by atoms with van der Waals surface area (Å²) in [5.74, 6) is 1.53. The Morgan fingerprint density at radius 2 is 1.61 bits per heavy atom. The van der Waals surface area contributed by atoms with Crippen LogP contribution in [-0.2, 0) is 11.2 Å². The van der Waals surface area contributed by atoms with E-state index in [0.717, 1.165) is 48.8 Å². The number of ether oxygens (including phenoxy) is 1. The van der Waals surface area contributed by atoms with Crippen molar-refractivity contribution >= 4 is 23.2 Å². The first kappa shape index (κ1) is 19.4. The fraction of sp³-hybridized carbons (Fsp3) is 0.333. The van der Waals surface area contributed by atoms with Crippen molar-refractivity contribution in [3.05, 3.63) is 64.4 Å². The standard InChI is InChI=1S/C21H22Cl2N4O/c22-16-3-1-15(2-4-16)21-25-20(11-14-28-19-9-12-24-13-10-19)26-27(21)18-7-5-17(23)6-8-18/h1-8,19,24H,9-14H2. The van der Waals surface area contributed by atoms with Gasteiger partial charge in [-0.3, -0.25) is 0 Å². The first-order valence-electron chi connectivity index (χ1n) is 9.49. The molecule has 3 aromatic rings. The summed E-state index contributed by atoms with van der Waals surface area (Å²) in [5, 5.41) is 9.46. The number of hydrogen-bond acceptors (Lipinski definition) is 4. The average molecular weight is 417 g/mol. The summed E-state index contributed by atoms with van der Waals surface area (Å²) in [6, 6.07) is 15.2. The highest BCUT2D eigenvalue weighted by molar-refractivity contribution is 6.30. The Morgan fingerprint density at radius 3 is 2.29 bits per heavy atom. The molecular weight excluding hydrogens is 395 g/mol. The summed E-state index contributed by atoms with van der Waals surface area (Å²) < 4.78 is 7.86. The van der Waals surface area contributed by atoms with Gasteiger partial charge in [0.05, 0.1) is 18.4 Å². The molecule has 2 heterocycles. The van der Waals surface area contributed by atoms with Gasteiger partial charge in [0.25, 0.3) is 0 Å². The van der Waals surface area contributed by atoms with E-state index >= 15 is 0 Å². The van der Waals surface area contributed by atoms with Gasteiger partial charge in [0.1, 0.15) is 0 Å². The molecule has 5 nitrogen and oxygen atoms in total. The molecule has 4 rings (SSSR count). The summed E-state index contributed by atoms with van der Waals surface area (Å²) >= 11 is 12.1. The molecule has 1 aliphatic rings. The Labute approximate surface area is 174 Å². The molecule has 7 heteroatoms. The molecular formula is C21H22Cl2N4O. The van der Waals surface area contributed by atoms with Crippen LogP contribution in [0.5, 0.6) is 0 Å². The molecule has 1 aromatic heterocycles. The average Bonchev–Trinajstić information content (AvgIpc) is 3.14. The predicted molar refractivity (Wildman–Crippen MR) is 112 cm³/mol. The summed E-state index contributed by atoms with van der Waals surface area (Å²) in [6.07, 6.45) is 3.12. The number of benzene rings is 2. The third kappa shape index (κ3) is 4.73. The lowest BCUT2D eigenvalue weighted by Gasteiger charge is -2.22. The van der Waals surface area contributed by atoms with E-state index in [-0.39, 0.29) is 0 Å². The highest BCUT2D eigenvalue weighted by atomic mass is 35.5. The molecule has 1 fully saturated rings. The molecule has 0 bridgehead atoms. The molecule has 28 heavy (non-hydrogen) atoms. The molecule has 1 aliphatic heterocycles. The molecule has 0 atom stereocenters. The summed E-state index contributed by atoms with van der Waals surface area (Å²) in [7, 11) is 0. The van der Waals surface area contributed by atoms with Gasteiger partial charge in [-0.05, 0) is 74.5 Å². The summed E-state index contributed by atoms with van der Waals surface area (Å²) in [4.78, 5) is 4.78. The van der Waals surface area contributed by atoms with Crippen LogP contribution in [0.4, 0.5) is 0 Å². The summed E-state index contributed by atoms with van der Waals surface area (Å²) in [6.45, 7) is 2.67. The minimum absolute atomic E-state index is 0.329. The van der Waals surface area contributed by atoms with Crippen molar-refractivity contribution < 1.29 is 4.74 Å². The lowest BCUT2D eigenvalue weighted by Crippen LogP contribution is -2.32. The third-order valence-corrected chi connectivity index (χ3v) is 5.29. The van der Waals surface area contributed by atoms with Gasteiger partial charge in [-0.1, -0.05) is 23.2 Å². The number of aromatic nitrogens is 3. The van der Waals surface area contributed by atoms with Crippen molar-refractivity contribution in [3.8, 4) is 17.1 Å². The monoisotopic (exact) mass is 416 g/mol. The molecule has 1 saturated heterocycles. The molecule has 0 unspecified atom stereocenters. The number of nitrogens with zero attached hydrogens (tertiary/aromatic N) is 3. The highest BCUT2D eigenvalue weighted by Gasteiger charge is 2.16. The van der Waals surface area contributed by atoms with Crippen LogP contribution >= 0.6 is 23.2 Å². The van der Waals surface area contributed by atoms with Crippen LogP contribution < -0.4 is 5.32 Å². The van der Waals surface area contributed by atoms with Gasteiger partial charge in [-0.15, -0.1) is 0 Å². The van der Waals surface area contributed by atoms with E-state index in [1.165, 1.54) is 0 Å². The fourth-order valence-electron chi connectivity index (χ4n) is 3.29. The van der Waals surface area contributed by atoms with Gasteiger partial charge in [-0.25, -0.2) is 9.67 Å². The van der Waals surface area contributed by atoms with Crippen LogP contribution in [0.2, 0.25) is 10.0 Å². The predicted octanol–water partition coefficient (Wildman–Crippen LogP) is 4.55. The van der Waals surface area contributed by atoms with Crippen molar-refractivity contribution in [2.24, 2.45) is 0 Å². The van der Waals surface area contributed by atoms with Crippen molar-refractivity contribution in [3.63, 3.8) is 0 Å². The van der Waals surface area contributed by atoms with Gasteiger partial charge in [0.2, 0.25) is 0 Å². The minimum atomic E-state index is 0.329. The Kier molecular flexibility index (Phi) is 6.27. The maximum absolute atomic E-state index is 6.04. The molecule has 1 N–H and O–H groups in total. The first-order chi connectivity index (χ1) is 13.7. The number of rotatable bonds is 6. The third-order valence-electron chi connectivity index (χ3n) is 4.79. The van der Waals surface area contributed by atoms with Gasteiger partial charge in [0.15, 0.2) is 11.6 Å². The zero-order chi connectivity index (χ0) is 19.3. The van der Waals surface area contributed by atoms with E-state index in [1.807, 2.05) is 53.2 Å². The Balaban J connectivity index is 1.56. The van der Waals surface area contributed by atoms with E-state index in [9.17, 15) is 0 Å². The van der Waals surface area contributed by atoms with E-state index in [1.54, 1.807) is 0 Å². The fourth-order valence-corrected chi connectivity index (χ4v) is 3.54. The van der Waals surface area contributed by atoms with E-state index in [0.29, 0.717) is 29.2 Å². The maximum Gasteiger partial charge on any atom is 0.163 e. The molecule has 0 saturated carbocycles. The van der Waals surface area contributed by atoms with Crippen molar-refractivity contribution in [1.82, 2.24) is 20.1 Å². The quantitative estimate of drug-likeness (QED) is 0.639. The van der Waals surface area contributed by atoms with Crippen LogP contribution in [0.3, 0.4) is 0 Å². The van der Waals surface area contributed by atoms with E-state index in [2.05, 4.69) is 5.32 Å². The lowest BCUT2D eigenvalue weighted by molar-refractivity contribution is 0.0342. The van der Waals surface area contributed by atoms with Crippen LogP contribution in [0, 0.1) is 0 Å². The molecule has 2 aromatic carbocycles. The highest BCUT2D eigenvalue weighted by Crippen LogP contribution is 2.24. The topological polar surface area (TPSA) is 52.0 Å². The van der Waals surface area contributed by atoms with Crippen LogP contribution in [0.1, 0.15) is 18.7 Å². The zero-order valence-electron chi connectivity index (χ0n) is 15.4. The van der Waals surface area contributed by atoms with Gasteiger partial charge < -0.3 is 10.1 Å².